The van der Waals surface area contributed by atoms with E-state index in [2.05, 4.69) is 24.9 Å². The molecule has 0 unspecified atom stereocenters. The Bertz CT molecular complexity index is 1060. The van der Waals surface area contributed by atoms with E-state index in [4.69, 9.17) is 4.74 Å². The van der Waals surface area contributed by atoms with Gasteiger partial charge < -0.3 is 4.74 Å². The van der Waals surface area contributed by atoms with E-state index in [0.29, 0.717) is 17.0 Å². The fourth-order valence-corrected chi connectivity index (χ4v) is 2.46. The first-order valence-electron chi connectivity index (χ1n) is 7.87. The van der Waals surface area contributed by atoms with Crippen molar-refractivity contribution in [2.24, 2.45) is 0 Å². The first-order chi connectivity index (χ1) is 13.0. The van der Waals surface area contributed by atoms with E-state index >= 15 is 0 Å². The molecule has 6 nitrogen and oxygen atoms in total. The topological polar surface area (TPSA) is 73.9 Å². The summed E-state index contributed by atoms with van der Waals surface area (Å²) in [6.45, 7) is 0. The maximum absolute atomic E-state index is 12.7. The molecule has 0 amide bonds. The van der Waals surface area contributed by atoms with Crippen LogP contribution in [0.4, 0.5) is 13.2 Å². The minimum atomic E-state index is -4.38. The van der Waals surface area contributed by atoms with Crippen LogP contribution < -0.4 is 4.74 Å². The average Bonchev–Trinajstić information content (AvgIpc) is 3.10. The lowest BCUT2D eigenvalue weighted by Crippen LogP contribution is -2.05. The monoisotopic (exact) mass is 372 g/mol. The van der Waals surface area contributed by atoms with Gasteiger partial charge in [-0.25, -0.2) is 9.61 Å². The molecule has 0 N–H and O–H groups in total. The van der Waals surface area contributed by atoms with Crippen LogP contribution in [0.25, 0.3) is 11.3 Å². The van der Waals surface area contributed by atoms with E-state index in [1.54, 1.807) is 24.3 Å². The van der Waals surface area contributed by atoms with Gasteiger partial charge in [0.1, 0.15) is 11.4 Å². The molecule has 9 heteroatoms. The van der Waals surface area contributed by atoms with Crippen LogP contribution in [0.3, 0.4) is 0 Å². The minimum absolute atomic E-state index is 0.178. The van der Waals surface area contributed by atoms with Crippen LogP contribution in [0.1, 0.15) is 16.8 Å². The number of hydrogen-bond donors (Lipinski definition) is 0. The zero-order chi connectivity index (χ0) is 18.9. The first-order valence-corrected chi connectivity index (χ1v) is 7.87. The third kappa shape index (κ3) is 3.71. The Labute approximate surface area is 150 Å². The normalized spacial score (nSPS) is 11.7. The van der Waals surface area contributed by atoms with Gasteiger partial charge in [0.05, 0.1) is 5.56 Å². The van der Waals surface area contributed by atoms with Gasteiger partial charge in [0.15, 0.2) is 0 Å². The van der Waals surface area contributed by atoms with Crippen LogP contribution in [-0.2, 0) is 12.6 Å². The third-order valence-electron chi connectivity index (χ3n) is 3.76. The number of ether oxygens (including phenoxy) is 1. The molecule has 0 aliphatic carbocycles. The summed E-state index contributed by atoms with van der Waals surface area (Å²) in [5, 5.41) is 7.29. The van der Waals surface area contributed by atoms with Gasteiger partial charge in [-0.3, -0.25) is 0 Å². The average molecular weight is 372 g/mol. The van der Waals surface area contributed by atoms with Gasteiger partial charge >= 0.3 is 6.18 Å². The predicted octanol–water partition coefficient (Wildman–Crippen LogP) is 4.41. The highest BCUT2D eigenvalue weighted by atomic mass is 19.4. The van der Waals surface area contributed by atoms with Crippen molar-refractivity contribution >= 4 is 11.3 Å². The fourth-order valence-electron chi connectivity index (χ4n) is 2.46. The second-order valence-electron chi connectivity index (χ2n) is 5.67. The van der Waals surface area contributed by atoms with Crippen LogP contribution >= 0.6 is 0 Å². The molecule has 2 aromatic carbocycles. The lowest BCUT2D eigenvalue weighted by Gasteiger charge is -2.10. The summed E-state index contributed by atoms with van der Waals surface area (Å²) < 4.78 is 48.6. The van der Waals surface area contributed by atoms with E-state index in [-0.39, 0.29) is 23.6 Å². The number of aromatic nitrogens is 4. The summed E-state index contributed by atoms with van der Waals surface area (Å²) in [7, 11) is 0. The Hall–Kier alpha value is -3.49. The molecular formula is C18H11F3N4O2. The van der Waals surface area contributed by atoms with E-state index in [1.807, 2.05) is 6.07 Å². The highest BCUT2D eigenvalue weighted by Crippen LogP contribution is 2.30. The maximum atomic E-state index is 12.7. The predicted molar refractivity (Wildman–Crippen MR) is 88.2 cm³/mol. The van der Waals surface area contributed by atoms with Crippen LogP contribution in [0, 0.1) is 0 Å². The highest BCUT2D eigenvalue weighted by molar-refractivity contribution is 5.64. The number of benzene rings is 2. The Morgan fingerprint density at radius 1 is 0.852 bits per heavy atom. The fraction of sp³-hybridized carbons (Fsp3) is 0.111. The van der Waals surface area contributed by atoms with Crippen LogP contribution in [0.5, 0.6) is 11.6 Å². The van der Waals surface area contributed by atoms with E-state index < -0.39 is 11.7 Å². The second kappa shape index (κ2) is 6.67. The van der Waals surface area contributed by atoms with E-state index in [0.717, 1.165) is 12.1 Å². The minimum Gasteiger partial charge on any atom is -0.437 e. The van der Waals surface area contributed by atoms with Crippen molar-refractivity contribution in [2.45, 2.75) is 12.6 Å². The molecule has 4 rings (SSSR count). The third-order valence-corrected chi connectivity index (χ3v) is 3.76. The molecule has 0 bridgehead atoms. The first kappa shape index (κ1) is 17.0. The van der Waals surface area contributed by atoms with Gasteiger partial charge in [-0.15, -0.1) is 0 Å². The zero-order valence-electron chi connectivity index (χ0n) is 13.6. The molecule has 0 saturated heterocycles. The standard InChI is InChI=1S/C18H11F3N4O2/c19-18(20,21)12-8-6-11(7-9-12)10-14-17(26-13-4-2-1-3-5-13)23-16-15(22-14)24-27-25-16/h1-9H,10H2. The lowest BCUT2D eigenvalue weighted by molar-refractivity contribution is -0.137. The van der Waals surface area contributed by atoms with Crippen molar-refractivity contribution in [1.82, 2.24) is 20.3 Å². The Morgan fingerprint density at radius 2 is 1.52 bits per heavy atom. The Morgan fingerprint density at radius 3 is 2.19 bits per heavy atom. The van der Waals surface area contributed by atoms with Crippen molar-refractivity contribution in [3.8, 4) is 11.6 Å². The molecule has 4 aromatic rings. The summed E-state index contributed by atoms with van der Waals surface area (Å²) >= 11 is 0. The second-order valence-corrected chi connectivity index (χ2v) is 5.67. The number of alkyl halides is 3. The smallest absolute Gasteiger partial charge is 0.416 e. The Balaban J connectivity index is 1.68. The van der Waals surface area contributed by atoms with Crippen LogP contribution in [0.2, 0.25) is 0 Å². The summed E-state index contributed by atoms with van der Waals surface area (Å²) in [5.41, 5.74) is 0.677. The van der Waals surface area contributed by atoms with Crippen LogP contribution in [-0.4, -0.2) is 20.3 Å². The zero-order valence-corrected chi connectivity index (χ0v) is 13.6. The van der Waals surface area contributed by atoms with Crippen molar-refractivity contribution in [2.75, 3.05) is 0 Å². The maximum Gasteiger partial charge on any atom is 0.416 e. The summed E-state index contributed by atoms with van der Waals surface area (Å²) in [4.78, 5) is 8.57. The van der Waals surface area contributed by atoms with Crippen molar-refractivity contribution in [3.63, 3.8) is 0 Å². The number of fused-ring (bicyclic) bond motifs is 1. The molecule has 0 atom stereocenters. The van der Waals surface area contributed by atoms with Crippen molar-refractivity contribution in [1.29, 1.82) is 0 Å². The molecule has 0 aliphatic heterocycles. The molecule has 0 fully saturated rings. The molecule has 27 heavy (non-hydrogen) atoms. The largest absolute Gasteiger partial charge is 0.437 e. The number of hydrogen-bond acceptors (Lipinski definition) is 6. The molecule has 0 saturated carbocycles. The van der Waals surface area contributed by atoms with Gasteiger partial charge in [-0.2, -0.15) is 18.2 Å². The summed E-state index contributed by atoms with van der Waals surface area (Å²) in [6, 6.07) is 13.8. The van der Waals surface area contributed by atoms with E-state index in [1.165, 1.54) is 12.1 Å². The number of halogens is 3. The summed E-state index contributed by atoms with van der Waals surface area (Å²) in [6.07, 6.45) is -4.18. The highest BCUT2D eigenvalue weighted by Gasteiger charge is 2.30. The van der Waals surface area contributed by atoms with Gasteiger partial charge in [0.25, 0.3) is 0 Å². The van der Waals surface area contributed by atoms with Crippen molar-refractivity contribution < 1.29 is 22.5 Å². The van der Waals surface area contributed by atoms with Gasteiger partial charge in [-0.05, 0) is 40.1 Å². The van der Waals surface area contributed by atoms with Crippen molar-refractivity contribution in [3.05, 3.63) is 71.4 Å². The van der Waals surface area contributed by atoms with E-state index in [9.17, 15) is 13.2 Å². The van der Waals surface area contributed by atoms with Crippen LogP contribution in [0.15, 0.2) is 59.2 Å². The molecule has 0 aliphatic rings. The number of rotatable bonds is 4. The summed E-state index contributed by atoms with van der Waals surface area (Å²) in [5.74, 6) is 0.723. The molecule has 2 heterocycles. The SMILES string of the molecule is FC(F)(F)c1ccc(Cc2nc3nonc3nc2Oc2ccccc2)cc1. The molecular weight excluding hydrogens is 361 g/mol. The Kier molecular flexibility index (Phi) is 4.19. The molecule has 136 valence electrons. The van der Waals surface area contributed by atoms with Gasteiger partial charge in [0.2, 0.25) is 17.2 Å². The number of para-hydroxylation sites is 1. The lowest BCUT2D eigenvalue weighted by atomic mass is 10.1. The quantitative estimate of drug-likeness (QED) is 0.528. The molecule has 0 radical (unpaired) electrons. The van der Waals surface area contributed by atoms with Gasteiger partial charge in [-0.1, -0.05) is 30.3 Å². The molecule has 2 aromatic heterocycles. The molecule has 0 spiro atoms. The van der Waals surface area contributed by atoms with Gasteiger partial charge in [0, 0.05) is 6.42 Å². The number of nitrogens with zero attached hydrogens (tertiary/aromatic N) is 4.